The zero-order chi connectivity index (χ0) is 13.2. The number of aliphatic hydroxyl groups is 1. The Hall–Kier alpha value is -0.710. The third-order valence-electron chi connectivity index (χ3n) is 2.59. The van der Waals surface area contributed by atoms with E-state index >= 15 is 0 Å². The highest BCUT2D eigenvalue weighted by Gasteiger charge is 2.17. The number of hydrogen-bond acceptors (Lipinski definition) is 2. The van der Waals surface area contributed by atoms with Crippen LogP contribution in [-0.2, 0) is 7.05 Å². The predicted octanol–water partition coefficient (Wildman–Crippen LogP) is 2.08. The van der Waals surface area contributed by atoms with Crippen LogP contribution in [0.15, 0.2) is 6.07 Å². The molecule has 0 aliphatic carbocycles. The quantitative estimate of drug-likeness (QED) is 0.886. The first-order valence-corrected chi connectivity index (χ1v) is 6.07. The largest absolute Gasteiger partial charge is 0.391 e. The van der Waals surface area contributed by atoms with Crippen LogP contribution in [0.1, 0.15) is 24.3 Å². The van der Waals surface area contributed by atoms with Crippen LogP contribution in [0.3, 0.4) is 0 Å². The number of rotatable bonds is 4. The van der Waals surface area contributed by atoms with Gasteiger partial charge in [0, 0.05) is 13.6 Å². The van der Waals surface area contributed by atoms with Crippen LogP contribution in [0, 0.1) is 5.92 Å². The van der Waals surface area contributed by atoms with Crippen molar-refractivity contribution in [1.29, 1.82) is 0 Å². The monoisotopic (exact) mass is 278 g/mol. The molecular formula is C11H16Cl2N2O2. The molecule has 0 saturated carbocycles. The van der Waals surface area contributed by atoms with E-state index in [0.717, 1.165) is 0 Å². The average Bonchev–Trinajstić information content (AvgIpc) is 2.53. The van der Waals surface area contributed by atoms with E-state index in [0.29, 0.717) is 15.9 Å². The van der Waals surface area contributed by atoms with Crippen molar-refractivity contribution >= 4 is 29.1 Å². The molecule has 4 nitrogen and oxygen atoms in total. The molecule has 0 spiro atoms. The van der Waals surface area contributed by atoms with Gasteiger partial charge >= 0.3 is 0 Å². The fourth-order valence-corrected chi connectivity index (χ4v) is 1.66. The van der Waals surface area contributed by atoms with Gasteiger partial charge in [0.15, 0.2) is 0 Å². The van der Waals surface area contributed by atoms with E-state index in [2.05, 4.69) is 5.32 Å². The second kappa shape index (κ2) is 5.76. The number of nitrogens with zero attached hydrogens (tertiary/aromatic N) is 1. The normalized spacial score (nSPS) is 12.9. The van der Waals surface area contributed by atoms with Crippen LogP contribution in [-0.4, -0.2) is 28.2 Å². The molecule has 0 aromatic carbocycles. The first-order chi connectivity index (χ1) is 7.84. The molecule has 1 amide bonds. The standard InChI is InChI=1S/C11H16Cl2N2O2/c1-6(2)9(16)5-14-11(17)8-4-7(12)10(13)15(8)3/h4,6,9,16H,5H2,1-3H3,(H,14,17). The first-order valence-electron chi connectivity index (χ1n) is 5.31. The summed E-state index contributed by atoms with van der Waals surface area (Å²) >= 11 is 11.7. The topological polar surface area (TPSA) is 54.3 Å². The second-order valence-corrected chi connectivity index (χ2v) is 5.01. The lowest BCUT2D eigenvalue weighted by Gasteiger charge is -2.15. The van der Waals surface area contributed by atoms with Gasteiger partial charge in [-0.2, -0.15) is 0 Å². The minimum absolute atomic E-state index is 0.0934. The fourth-order valence-electron chi connectivity index (χ4n) is 1.28. The van der Waals surface area contributed by atoms with Gasteiger partial charge < -0.3 is 15.0 Å². The number of hydrogen-bond donors (Lipinski definition) is 2. The summed E-state index contributed by atoms with van der Waals surface area (Å²) in [6.45, 7) is 3.97. The Morgan fingerprint density at radius 3 is 2.53 bits per heavy atom. The minimum Gasteiger partial charge on any atom is -0.391 e. The average molecular weight is 279 g/mol. The number of aliphatic hydroxyl groups excluding tert-OH is 1. The lowest BCUT2D eigenvalue weighted by atomic mass is 10.1. The molecule has 1 heterocycles. The molecule has 0 aliphatic rings. The highest BCUT2D eigenvalue weighted by atomic mass is 35.5. The molecule has 2 N–H and O–H groups in total. The highest BCUT2D eigenvalue weighted by molar-refractivity contribution is 6.41. The SMILES string of the molecule is CC(C)C(O)CNC(=O)c1cc(Cl)c(Cl)n1C. The zero-order valence-electron chi connectivity index (χ0n) is 10.00. The van der Waals surface area contributed by atoms with Gasteiger partial charge in [-0.3, -0.25) is 4.79 Å². The van der Waals surface area contributed by atoms with Crippen LogP contribution in [0.5, 0.6) is 0 Å². The Balaban J connectivity index is 2.68. The Labute approximate surface area is 111 Å². The van der Waals surface area contributed by atoms with Crippen LogP contribution >= 0.6 is 23.2 Å². The molecule has 0 radical (unpaired) electrons. The van der Waals surface area contributed by atoms with Gasteiger partial charge in [-0.1, -0.05) is 37.0 Å². The summed E-state index contributed by atoms with van der Waals surface area (Å²) in [6.07, 6.45) is -0.565. The van der Waals surface area contributed by atoms with Crippen molar-refractivity contribution in [2.75, 3.05) is 6.54 Å². The smallest absolute Gasteiger partial charge is 0.268 e. The summed E-state index contributed by atoms with van der Waals surface area (Å²) in [7, 11) is 1.65. The molecule has 1 atom stereocenters. The second-order valence-electron chi connectivity index (χ2n) is 4.25. The molecule has 96 valence electrons. The first kappa shape index (κ1) is 14.4. The van der Waals surface area contributed by atoms with Gasteiger partial charge in [-0.15, -0.1) is 0 Å². The van der Waals surface area contributed by atoms with Gasteiger partial charge in [0.05, 0.1) is 11.1 Å². The summed E-state index contributed by atoms with van der Waals surface area (Å²) in [4.78, 5) is 11.8. The number of aromatic nitrogens is 1. The maximum Gasteiger partial charge on any atom is 0.268 e. The van der Waals surface area contributed by atoms with E-state index in [1.54, 1.807) is 7.05 Å². The van der Waals surface area contributed by atoms with Crippen LogP contribution < -0.4 is 5.32 Å². The summed E-state index contributed by atoms with van der Waals surface area (Å²) in [5, 5.41) is 12.9. The maximum absolute atomic E-state index is 11.8. The highest BCUT2D eigenvalue weighted by Crippen LogP contribution is 2.24. The summed E-state index contributed by atoms with van der Waals surface area (Å²) in [5.74, 6) is -0.211. The molecule has 1 aromatic rings. The number of carbonyl (C=O) groups is 1. The number of halogens is 2. The van der Waals surface area contributed by atoms with Gasteiger partial charge in [-0.05, 0) is 12.0 Å². The minimum atomic E-state index is -0.565. The van der Waals surface area contributed by atoms with E-state index < -0.39 is 6.10 Å². The van der Waals surface area contributed by atoms with E-state index in [1.807, 2.05) is 13.8 Å². The molecule has 0 fully saturated rings. The van der Waals surface area contributed by atoms with Gasteiger partial charge in [-0.25, -0.2) is 0 Å². The van der Waals surface area contributed by atoms with Crippen molar-refractivity contribution in [3.05, 3.63) is 21.9 Å². The van der Waals surface area contributed by atoms with Gasteiger partial charge in [0.2, 0.25) is 0 Å². The molecule has 1 aromatic heterocycles. The molecule has 1 rings (SSSR count). The lowest BCUT2D eigenvalue weighted by molar-refractivity contribution is 0.0864. The van der Waals surface area contributed by atoms with Crippen LogP contribution in [0.25, 0.3) is 0 Å². The van der Waals surface area contributed by atoms with Crippen LogP contribution in [0.2, 0.25) is 10.2 Å². The number of amides is 1. The van der Waals surface area contributed by atoms with Crippen molar-refractivity contribution in [2.24, 2.45) is 13.0 Å². The van der Waals surface area contributed by atoms with E-state index in [9.17, 15) is 9.90 Å². The zero-order valence-corrected chi connectivity index (χ0v) is 11.5. The molecule has 0 bridgehead atoms. The third kappa shape index (κ3) is 3.37. The van der Waals surface area contributed by atoms with E-state index in [-0.39, 0.29) is 18.4 Å². The Morgan fingerprint density at radius 2 is 2.12 bits per heavy atom. The van der Waals surface area contributed by atoms with Gasteiger partial charge in [0.1, 0.15) is 10.8 Å². The van der Waals surface area contributed by atoms with Crippen molar-refractivity contribution in [2.45, 2.75) is 20.0 Å². The summed E-state index contributed by atoms with van der Waals surface area (Å²) in [5.41, 5.74) is 0.371. The molecule has 1 unspecified atom stereocenters. The Kier molecular flexibility index (Phi) is 4.86. The molecular weight excluding hydrogens is 263 g/mol. The Bertz CT molecular complexity index is 416. The predicted molar refractivity (Wildman–Crippen MR) is 68.6 cm³/mol. The van der Waals surface area contributed by atoms with Crippen LogP contribution in [0.4, 0.5) is 0 Å². The Morgan fingerprint density at radius 1 is 1.53 bits per heavy atom. The molecule has 0 aliphatic heterocycles. The summed E-state index contributed by atoms with van der Waals surface area (Å²) in [6, 6.07) is 1.50. The third-order valence-corrected chi connectivity index (χ3v) is 3.43. The molecule has 17 heavy (non-hydrogen) atoms. The van der Waals surface area contributed by atoms with Crippen molar-refractivity contribution in [1.82, 2.24) is 9.88 Å². The molecule has 6 heteroatoms. The number of carbonyl (C=O) groups excluding carboxylic acids is 1. The maximum atomic E-state index is 11.8. The molecule has 0 saturated heterocycles. The lowest BCUT2D eigenvalue weighted by Crippen LogP contribution is -2.35. The van der Waals surface area contributed by atoms with E-state index in [1.165, 1.54) is 10.6 Å². The number of nitrogens with one attached hydrogen (secondary N) is 1. The van der Waals surface area contributed by atoms with Crippen molar-refractivity contribution < 1.29 is 9.90 Å². The van der Waals surface area contributed by atoms with Crippen molar-refractivity contribution in [3.63, 3.8) is 0 Å². The summed E-state index contributed by atoms with van der Waals surface area (Å²) < 4.78 is 1.50. The fraction of sp³-hybridized carbons (Fsp3) is 0.545. The van der Waals surface area contributed by atoms with E-state index in [4.69, 9.17) is 23.2 Å². The van der Waals surface area contributed by atoms with Gasteiger partial charge in [0.25, 0.3) is 5.91 Å². The van der Waals surface area contributed by atoms with Crippen molar-refractivity contribution in [3.8, 4) is 0 Å².